The molecule has 0 saturated heterocycles. The molecule has 0 aliphatic heterocycles. The van der Waals surface area contributed by atoms with Crippen molar-refractivity contribution in [2.45, 2.75) is 24.8 Å². The lowest BCUT2D eigenvalue weighted by Crippen LogP contribution is -2.12. The highest BCUT2D eigenvalue weighted by molar-refractivity contribution is 8.00. The van der Waals surface area contributed by atoms with Crippen molar-refractivity contribution in [2.24, 2.45) is 0 Å². The van der Waals surface area contributed by atoms with Gasteiger partial charge in [-0.15, -0.1) is 11.8 Å². The summed E-state index contributed by atoms with van der Waals surface area (Å²) < 4.78 is 1.79. The maximum Gasteiger partial charge on any atom is 0.191 e. The molecule has 0 saturated carbocycles. The largest absolute Gasteiger partial charge is 0.292 e. The van der Waals surface area contributed by atoms with Crippen molar-refractivity contribution < 1.29 is 4.79 Å². The maximum atomic E-state index is 12.1. The number of hydrogen-bond donors (Lipinski definition) is 0. The van der Waals surface area contributed by atoms with Crippen LogP contribution in [0.1, 0.15) is 23.8 Å². The van der Waals surface area contributed by atoms with Gasteiger partial charge < -0.3 is 0 Å². The van der Waals surface area contributed by atoms with Crippen molar-refractivity contribution in [2.75, 3.05) is 5.75 Å². The van der Waals surface area contributed by atoms with Crippen molar-refractivity contribution in [1.82, 2.24) is 9.78 Å². The minimum atomic E-state index is 0.134. The van der Waals surface area contributed by atoms with Crippen LogP contribution in [0.15, 0.2) is 47.5 Å². The molecule has 2 rings (SSSR count). The summed E-state index contributed by atoms with van der Waals surface area (Å²) in [7, 11) is 0. The minimum absolute atomic E-state index is 0.134. The van der Waals surface area contributed by atoms with Gasteiger partial charge in [-0.2, -0.15) is 5.10 Å². The average Bonchev–Trinajstić information content (AvgIpc) is 2.86. The molecule has 1 heterocycles. The van der Waals surface area contributed by atoms with Crippen LogP contribution in [0.25, 0.3) is 0 Å². The highest BCUT2D eigenvalue weighted by Crippen LogP contribution is 2.18. The minimum Gasteiger partial charge on any atom is -0.292 e. The third-order valence-corrected chi connectivity index (χ3v) is 3.56. The molecular formula is C14H16N2OS. The van der Waals surface area contributed by atoms with Crippen LogP contribution in [-0.4, -0.2) is 21.3 Å². The molecule has 2 aromatic rings. The lowest BCUT2D eigenvalue weighted by Gasteiger charge is -2.05. The first-order valence-electron chi connectivity index (χ1n) is 6.04. The summed E-state index contributed by atoms with van der Waals surface area (Å²) in [5, 5.41) is 4.17. The van der Waals surface area contributed by atoms with Gasteiger partial charge in [-0.25, -0.2) is 0 Å². The van der Waals surface area contributed by atoms with E-state index in [4.69, 9.17) is 0 Å². The van der Waals surface area contributed by atoms with Crippen LogP contribution in [-0.2, 0) is 6.54 Å². The Morgan fingerprint density at radius 1 is 1.28 bits per heavy atom. The van der Waals surface area contributed by atoms with Crippen molar-refractivity contribution in [3.8, 4) is 0 Å². The number of benzene rings is 1. The number of aromatic nitrogens is 2. The first kappa shape index (κ1) is 12.9. The molecule has 94 valence electrons. The molecule has 0 amide bonds. The van der Waals surface area contributed by atoms with E-state index < -0.39 is 0 Å². The highest BCUT2D eigenvalue weighted by Gasteiger charge is 2.11. The lowest BCUT2D eigenvalue weighted by atomic mass is 10.3. The zero-order valence-corrected chi connectivity index (χ0v) is 11.2. The first-order chi connectivity index (χ1) is 8.81. The Balaban J connectivity index is 1.97. The second-order valence-electron chi connectivity index (χ2n) is 3.96. The molecule has 4 heteroatoms. The van der Waals surface area contributed by atoms with E-state index in [1.807, 2.05) is 30.3 Å². The van der Waals surface area contributed by atoms with E-state index in [0.29, 0.717) is 11.4 Å². The van der Waals surface area contributed by atoms with E-state index in [9.17, 15) is 4.79 Å². The number of Topliss-reactive ketones (excluding diaryl/α,β-unsaturated/α-hetero) is 1. The van der Waals surface area contributed by atoms with Crippen LogP contribution < -0.4 is 0 Å². The topological polar surface area (TPSA) is 34.9 Å². The Bertz CT molecular complexity index is 508. The third kappa shape index (κ3) is 3.23. The van der Waals surface area contributed by atoms with Gasteiger partial charge in [0.25, 0.3) is 0 Å². The molecule has 1 aromatic carbocycles. The second kappa shape index (κ2) is 6.40. The van der Waals surface area contributed by atoms with E-state index >= 15 is 0 Å². The van der Waals surface area contributed by atoms with Crippen LogP contribution in [0.4, 0.5) is 0 Å². The van der Waals surface area contributed by atoms with E-state index in [1.54, 1.807) is 28.7 Å². The molecule has 0 spiro atoms. The number of ketones is 1. The third-order valence-electron chi connectivity index (χ3n) is 2.55. The van der Waals surface area contributed by atoms with Gasteiger partial charge in [-0.3, -0.25) is 9.48 Å². The molecule has 0 radical (unpaired) electrons. The zero-order chi connectivity index (χ0) is 12.8. The molecule has 3 nitrogen and oxygen atoms in total. The fraction of sp³-hybridized carbons (Fsp3) is 0.286. The van der Waals surface area contributed by atoms with Crippen LogP contribution in [0.5, 0.6) is 0 Å². The molecular weight excluding hydrogens is 244 g/mol. The number of carbonyl (C=O) groups excluding carboxylic acids is 1. The Hall–Kier alpha value is -1.55. The summed E-state index contributed by atoms with van der Waals surface area (Å²) in [6.07, 6.45) is 2.67. The molecule has 1 aromatic heterocycles. The molecule has 0 unspecified atom stereocenters. The number of hydrogen-bond acceptors (Lipinski definition) is 3. The van der Waals surface area contributed by atoms with Crippen molar-refractivity contribution in [3.63, 3.8) is 0 Å². The van der Waals surface area contributed by atoms with Gasteiger partial charge >= 0.3 is 0 Å². The Morgan fingerprint density at radius 3 is 2.78 bits per heavy atom. The van der Waals surface area contributed by atoms with E-state index in [1.165, 1.54) is 0 Å². The number of rotatable bonds is 6. The number of nitrogens with zero attached hydrogens (tertiary/aromatic N) is 2. The molecule has 0 fully saturated rings. The predicted octanol–water partition coefficient (Wildman–Crippen LogP) is 3.27. The van der Waals surface area contributed by atoms with Gasteiger partial charge in [-0.1, -0.05) is 25.1 Å². The summed E-state index contributed by atoms with van der Waals surface area (Å²) in [5.74, 6) is 0.592. The van der Waals surface area contributed by atoms with Gasteiger partial charge in [0.2, 0.25) is 0 Å². The zero-order valence-electron chi connectivity index (χ0n) is 10.4. The fourth-order valence-electron chi connectivity index (χ4n) is 1.70. The van der Waals surface area contributed by atoms with E-state index in [2.05, 4.69) is 12.0 Å². The standard InChI is InChI=1S/C14H16N2OS/c1-2-10-16-13(8-9-15-16)14(17)11-18-12-6-4-3-5-7-12/h3-9H,2,10-11H2,1H3. The molecule has 0 N–H and O–H groups in total. The number of aryl methyl sites for hydroxylation is 1. The Labute approximate surface area is 111 Å². The maximum absolute atomic E-state index is 12.1. The Kier molecular flexibility index (Phi) is 4.59. The normalized spacial score (nSPS) is 10.5. The van der Waals surface area contributed by atoms with Crippen molar-refractivity contribution in [3.05, 3.63) is 48.3 Å². The first-order valence-corrected chi connectivity index (χ1v) is 7.02. The SMILES string of the molecule is CCCn1nccc1C(=O)CSc1ccccc1. The van der Waals surface area contributed by atoms with Crippen LogP contribution in [0.2, 0.25) is 0 Å². The van der Waals surface area contributed by atoms with Gasteiger partial charge in [0.05, 0.1) is 5.75 Å². The molecule has 0 bridgehead atoms. The van der Waals surface area contributed by atoms with Crippen LogP contribution in [0, 0.1) is 0 Å². The van der Waals surface area contributed by atoms with Crippen molar-refractivity contribution in [1.29, 1.82) is 0 Å². The van der Waals surface area contributed by atoms with E-state index in [-0.39, 0.29) is 5.78 Å². The highest BCUT2D eigenvalue weighted by atomic mass is 32.2. The van der Waals surface area contributed by atoms with E-state index in [0.717, 1.165) is 17.9 Å². The molecule has 0 aliphatic rings. The van der Waals surface area contributed by atoms with Crippen LogP contribution >= 0.6 is 11.8 Å². The van der Waals surface area contributed by atoms with Crippen molar-refractivity contribution >= 4 is 17.5 Å². The summed E-state index contributed by atoms with van der Waals surface area (Å²) in [4.78, 5) is 13.2. The van der Waals surface area contributed by atoms with Gasteiger partial charge in [0, 0.05) is 17.6 Å². The molecule has 18 heavy (non-hydrogen) atoms. The summed E-state index contributed by atoms with van der Waals surface area (Å²) in [6, 6.07) is 11.8. The predicted molar refractivity (Wildman–Crippen MR) is 74.0 cm³/mol. The summed E-state index contributed by atoms with van der Waals surface area (Å²) in [5.41, 5.74) is 0.709. The quantitative estimate of drug-likeness (QED) is 0.590. The van der Waals surface area contributed by atoms with Gasteiger partial charge in [0.15, 0.2) is 5.78 Å². The van der Waals surface area contributed by atoms with Gasteiger partial charge in [0.1, 0.15) is 5.69 Å². The molecule has 0 aliphatic carbocycles. The fourth-order valence-corrected chi connectivity index (χ4v) is 2.49. The van der Waals surface area contributed by atoms with Gasteiger partial charge in [-0.05, 0) is 24.6 Å². The lowest BCUT2D eigenvalue weighted by molar-refractivity contribution is 0.101. The number of carbonyl (C=O) groups is 1. The summed E-state index contributed by atoms with van der Waals surface area (Å²) in [6.45, 7) is 2.87. The second-order valence-corrected chi connectivity index (χ2v) is 5.01. The smallest absolute Gasteiger partial charge is 0.191 e. The molecule has 0 atom stereocenters. The monoisotopic (exact) mass is 260 g/mol. The van der Waals surface area contributed by atoms with Crippen LogP contribution in [0.3, 0.4) is 0 Å². The Morgan fingerprint density at radius 2 is 2.06 bits per heavy atom. The summed E-state index contributed by atoms with van der Waals surface area (Å²) >= 11 is 1.56. The average molecular weight is 260 g/mol. The number of thioether (sulfide) groups is 1.